The molecule has 4 nitrogen and oxygen atoms in total. The van der Waals surface area contributed by atoms with E-state index in [4.69, 9.17) is 9.84 Å². The van der Waals surface area contributed by atoms with Gasteiger partial charge in [-0.2, -0.15) is 0 Å². The average Bonchev–Trinajstić information content (AvgIpc) is 2.29. The number of methoxy groups -OCH3 is 1. The fraction of sp³-hybridized carbons (Fsp3) is 0.417. The predicted molar refractivity (Wildman–Crippen MR) is 61.3 cm³/mol. The van der Waals surface area contributed by atoms with Gasteiger partial charge in [-0.3, -0.25) is 4.79 Å². The van der Waals surface area contributed by atoms with Gasteiger partial charge in [0.1, 0.15) is 0 Å². The molecule has 5 heteroatoms. The van der Waals surface area contributed by atoms with Crippen LogP contribution in [-0.2, 0) is 11.2 Å². The van der Waals surface area contributed by atoms with Gasteiger partial charge in [-0.05, 0) is 24.6 Å². The number of hydrogen-bond acceptors (Lipinski definition) is 3. The minimum Gasteiger partial charge on any atom is -0.494 e. The molecule has 1 aromatic carbocycles. The van der Waals surface area contributed by atoms with Crippen LogP contribution in [0.3, 0.4) is 0 Å². The molecule has 2 N–H and O–H groups in total. The number of halogens is 1. The molecule has 1 rings (SSSR count). The summed E-state index contributed by atoms with van der Waals surface area (Å²) < 4.78 is 18.1. The van der Waals surface area contributed by atoms with E-state index in [2.05, 4.69) is 5.32 Å². The van der Waals surface area contributed by atoms with Crippen LogP contribution in [0.5, 0.6) is 5.75 Å². The van der Waals surface area contributed by atoms with E-state index in [0.717, 1.165) is 0 Å². The quantitative estimate of drug-likeness (QED) is 0.804. The third-order valence-corrected chi connectivity index (χ3v) is 2.26. The van der Waals surface area contributed by atoms with Gasteiger partial charge >= 0.3 is 0 Å². The van der Waals surface area contributed by atoms with E-state index in [9.17, 15) is 9.18 Å². The number of carbonyl (C=O) groups is 1. The highest BCUT2D eigenvalue weighted by molar-refractivity contribution is 5.78. The number of carbonyl (C=O) groups excluding carboxylic acids is 1. The molecule has 94 valence electrons. The van der Waals surface area contributed by atoms with E-state index in [1.54, 1.807) is 13.0 Å². The van der Waals surface area contributed by atoms with Gasteiger partial charge in [0.15, 0.2) is 11.6 Å². The molecule has 0 radical (unpaired) electrons. The van der Waals surface area contributed by atoms with Crippen molar-refractivity contribution in [3.8, 4) is 5.75 Å². The standard InChI is InChI=1S/C12H16FNO3/c1-8(7-15)14-12(16)6-9-3-4-11(17-2)10(13)5-9/h3-5,8,15H,6-7H2,1-2H3,(H,14,16). The first-order chi connectivity index (χ1) is 8.06. The Morgan fingerprint density at radius 3 is 2.82 bits per heavy atom. The Kier molecular flexibility index (Phi) is 4.90. The summed E-state index contributed by atoms with van der Waals surface area (Å²) in [5.74, 6) is -0.595. The lowest BCUT2D eigenvalue weighted by molar-refractivity contribution is -0.121. The molecule has 17 heavy (non-hydrogen) atoms. The number of aliphatic hydroxyl groups is 1. The Hall–Kier alpha value is -1.62. The van der Waals surface area contributed by atoms with E-state index in [1.807, 2.05) is 0 Å². The van der Waals surface area contributed by atoms with Crippen LogP contribution in [0.25, 0.3) is 0 Å². The number of rotatable bonds is 5. The average molecular weight is 241 g/mol. The largest absolute Gasteiger partial charge is 0.494 e. The van der Waals surface area contributed by atoms with Crippen molar-refractivity contribution in [3.63, 3.8) is 0 Å². The van der Waals surface area contributed by atoms with Crippen LogP contribution in [-0.4, -0.2) is 30.8 Å². The topological polar surface area (TPSA) is 58.6 Å². The summed E-state index contributed by atoms with van der Waals surface area (Å²) in [4.78, 5) is 11.5. The highest BCUT2D eigenvalue weighted by Gasteiger charge is 2.09. The van der Waals surface area contributed by atoms with Crippen molar-refractivity contribution < 1.29 is 19.0 Å². The van der Waals surface area contributed by atoms with Gasteiger partial charge in [-0.15, -0.1) is 0 Å². The molecule has 0 aliphatic carbocycles. The van der Waals surface area contributed by atoms with Gasteiger partial charge in [0.2, 0.25) is 5.91 Å². The molecule has 0 fully saturated rings. The van der Waals surface area contributed by atoms with Crippen molar-refractivity contribution >= 4 is 5.91 Å². The zero-order chi connectivity index (χ0) is 12.8. The molecule has 1 atom stereocenters. The Labute approximate surface area is 99.4 Å². The lowest BCUT2D eigenvalue weighted by atomic mass is 10.1. The molecular weight excluding hydrogens is 225 g/mol. The summed E-state index contributed by atoms with van der Waals surface area (Å²) >= 11 is 0. The fourth-order valence-corrected chi connectivity index (χ4v) is 1.38. The first kappa shape index (κ1) is 13.4. The second kappa shape index (κ2) is 6.20. The molecule has 0 saturated carbocycles. The first-order valence-electron chi connectivity index (χ1n) is 5.29. The third kappa shape index (κ3) is 4.03. The van der Waals surface area contributed by atoms with Crippen LogP contribution < -0.4 is 10.1 Å². The zero-order valence-corrected chi connectivity index (χ0v) is 9.87. The Morgan fingerprint density at radius 1 is 1.59 bits per heavy atom. The highest BCUT2D eigenvalue weighted by atomic mass is 19.1. The third-order valence-electron chi connectivity index (χ3n) is 2.26. The smallest absolute Gasteiger partial charge is 0.224 e. The van der Waals surface area contributed by atoms with Crippen LogP contribution in [0, 0.1) is 5.82 Å². The Bertz CT molecular complexity index is 395. The summed E-state index contributed by atoms with van der Waals surface area (Å²) in [5, 5.41) is 11.4. The number of benzene rings is 1. The van der Waals surface area contributed by atoms with Gasteiger partial charge < -0.3 is 15.2 Å². The lowest BCUT2D eigenvalue weighted by Crippen LogP contribution is -2.35. The Morgan fingerprint density at radius 2 is 2.29 bits per heavy atom. The molecule has 0 aromatic heterocycles. The number of nitrogens with one attached hydrogen (secondary N) is 1. The molecule has 0 heterocycles. The maximum absolute atomic E-state index is 13.3. The molecule has 0 spiro atoms. The van der Waals surface area contributed by atoms with Crippen molar-refractivity contribution in [3.05, 3.63) is 29.6 Å². The maximum Gasteiger partial charge on any atom is 0.224 e. The van der Waals surface area contributed by atoms with E-state index >= 15 is 0 Å². The second-order valence-electron chi connectivity index (χ2n) is 3.80. The van der Waals surface area contributed by atoms with Crippen molar-refractivity contribution in [1.82, 2.24) is 5.32 Å². The summed E-state index contributed by atoms with van der Waals surface area (Å²) in [7, 11) is 1.38. The van der Waals surface area contributed by atoms with Crippen LogP contribution in [0.2, 0.25) is 0 Å². The second-order valence-corrected chi connectivity index (χ2v) is 3.80. The minimum atomic E-state index is -0.493. The van der Waals surface area contributed by atoms with Crippen molar-refractivity contribution in [2.24, 2.45) is 0 Å². The molecule has 1 amide bonds. The first-order valence-corrected chi connectivity index (χ1v) is 5.29. The van der Waals surface area contributed by atoms with Gasteiger partial charge in [0, 0.05) is 6.04 Å². The van der Waals surface area contributed by atoms with Crippen molar-refractivity contribution in [1.29, 1.82) is 0 Å². The summed E-state index contributed by atoms with van der Waals surface area (Å²) in [6.07, 6.45) is 0.0747. The van der Waals surface area contributed by atoms with E-state index in [1.165, 1.54) is 19.2 Å². The van der Waals surface area contributed by atoms with Crippen LogP contribution in [0.15, 0.2) is 18.2 Å². The van der Waals surface area contributed by atoms with Crippen molar-refractivity contribution in [2.75, 3.05) is 13.7 Å². The number of ether oxygens (including phenoxy) is 1. The van der Waals surface area contributed by atoms with Crippen LogP contribution >= 0.6 is 0 Å². The highest BCUT2D eigenvalue weighted by Crippen LogP contribution is 2.17. The van der Waals surface area contributed by atoms with Gasteiger partial charge in [0.25, 0.3) is 0 Å². The van der Waals surface area contributed by atoms with Crippen LogP contribution in [0.1, 0.15) is 12.5 Å². The molecule has 0 aliphatic heterocycles. The Balaban J connectivity index is 2.63. The van der Waals surface area contributed by atoms with E-state index < -0.39 is 5.82 Å². The molecular formula is C12H16FNO3. The summed E-state index contributed by atoms with van der Waals surface area (Å²) in [6, 6.07) is 4.08. The molecule has 0 saturated heterocycles. The lowest BCUT2D eigenvalue weighted by Gasteiger charge is -2.11. The number of hydrogen-bond donors (Lipinski definition) is 2. The molecule has 0 aliphatic rings. The number of amides is 1. The fourth-order valence-electron chi connectivity index (χ4n) is 1.38. The van der Waals surface area contributed by atoms with E-state index in [-0.39, 0.29) is 30.7 Å². The molecule has 0 bridgehead atoms. The maximum atomic E-state index is 13.3. The molecule has 1 aromatic rings. The molecule has 1 unspecified atom stereocenters. The monoisotopic (exact) mass is 241 g/mol. The van der Waals surface area contributed by atoms with E-state index in [0.29, 0.717) is 5.56 Å². The van der Waals surface area contributed by atoms with Gasteiger partial charge in [0.05, 0.1) is 20.1 Å². The van der Waals surface area contributed by atoms with Gasteiger partial charge in [-0.1, -0.05) is 6.07 Å². The van der Waals surface area contributed by atoms with Crippen molar-refractivity contribution in [2.45, 2.75) is 19.4 Å². The number of aliphatic hydroxyl groups excluding tert-OH is 1. The predicted octanol–water partition coefficient (Wildman–Crippen LogP) is 0.874. The minimum absolute atomic E-state index is 0.0747. The van der Waals surface area contributed by atoms with Crippen LogP contribution in [0.4, 0.5) is 4.39 Å². The van der Waals surface area contributed by atoms with Gasteiger partial charge in [-0.25, -0.2) is 4.39 Å². The summed E-state index contributed by atoms with van der Waals surface area (Å²) in [6.45, 7) is 1.56. The SMILES string of the molecule is COc1ccc(CC(=O)NC(C)CO)cc1F. The summed E-state index contributed by atoms with van der Waals surface area (Å²) in [5.41, 5.74) is 0.561. The normalized spacial score (nSPS) is 12.0. The zero-order valence-electron chi connectivity index (χ0n) is 9.87.